The van der Waals surface area contributed by atoms with Crippen molar-refractivity contribution in [2.45, 2.75) is 39.2 Å². The molecule has 0 amide bonds. The van der Waals surface area contributed by atoms with Crippen molar-refractivity contribution < 1.29 is 5.11 Å². The molecule has 1 aliphatic rings. The molecule has 88 valence electrons. The number of aryl methyl sites for hydroxylation is 1. The summed E-state index contributed by atoms with van der Waals surface area (Å²) >= 11 is 0. The lowest BCUT2D eigenvalue weighted by atomic mass is 9.97. The van der Waals surface area contributed by atoms with Crippen LogP contribution in [0.2, 0.25) is 0 Å². The van der Waals surface area contributed by atoms with E-state index in [0.717, 1.165) is 25.1 Å². The molecule has 1 aromatic rings. The molecule has 0 aliphatic carbocycles. The van der Waals surface area contributed by atoms with Crippen LogP contribution < -0.4 is 4.90 Å². The first kappa shape index (κ1) is 11.5. The van der Waals surface area contributed by atoms with Gasteiger partial charge in [-0.1, -0.05) is 19.1 Å². The van der Waals surface area contributed by atoms with E-state index in [1.54, 1.807) is 0 Å². The van der Waals surface area contributed by atoms with E-state index in [4.69, 9.17) is 0 Å². The van der Waals surface area contributed by atoms with E-state index >= 15 is 0 Å². The summed E-state index contributed by atoms with van der Waals surface area (Å²) in [5.74, 6) is 0. The van der Waals surface area contributed by atoms with Gasteiger partial charge >= 0.3 is 0 Å². The average Bonchev–Trinajstić information content (AvgIpc) is 2.36. The fraction of sp³-hybridized carbons (Fsp3) is 0.571. The molecule has 1 heterocycles. The third kappa shape index (κ3) is 2.07. The van der Waals surface area contributed by atoms with Gasteiger partial charge in [0.05, 0.1) is 6.10 Å². The largest absolute Gasteiger partial charge is 0.388 e. The summed E-state index contributed by atoms with van der Waals surface area (Å²) in [5, 5.41) is 9.87. The Balaban J connectivity index is 2.34. The van der Waals surface area contributed by atoms with Gasteiger partial charge in [0, 0.05) is 18.8 Å². The van der Waals surface area contributed by atoms with Crippen molar-refractivity contribution in [2.24, 2.45) is 0 Å². The van der Waals surface area contributed by atoms with E-state index in [9.17, 15) is 5.11 Å². The highest BCUT2D eigenvalue weighted by Gasteiger charge is 2.17. The molecule has 2 nitrogen and oxygen atoms in total. The summed E-state index contributed by atoms with van der Waals surface area (Å²) in [6, 6.07) is 6.43. The van der Waals surface area contributed by atoms with Gasteiger partial charge in [-0.2, -0.15) is 0 Å². The van der Waals surface area contributed by atoms with E-state index in [2.05, 4.69) is 30.0 Å². The van der Waals surface area contributed by atoms with Crippen molar-refractivity contribution in [3.05, 3.63) is 29.3 Å². The Hall–Kier alpha value is -1.02. The van der Waals surface area contributed by atoms with Gasteiger partial charge < -0.3 is 10.0 Å². The average molecular weight is 219 g/mol. The van der Waals surface area contributed by atoms with Crippen molar-refractivity contribution in [3.8, 4) is 0 Å². The van der Waals surface area contributed by atoms with Crippen LogP contribution in [0.1, 0.15) is 43.9 Å². The summed E-state index contributed by atoms with van der Waals surface area (Å²) in [6.45, 7) is 6.41. The van der Waals surface area contributed by atoms with Gasteiger partial charge in [0.2, 0.25) is 0 Å². The van der Waals surface area contributed by atoms with Crippen LogP contribution >= 0.6 is 0 Å². The molecule has 0 fully saturated rings. The zero-order valence-corrected chi connectivity index (χ0v) is 10.2. The second kappa shape index (κ2) is 4.88. The van der Waals surface area contributed by atoms with Gasteiger partial charge in [-0.15, -0.1) is 0 Å². The monoisotopic (exact) mass is 219 g/mol. The molecule has 0 saturated carbocycles. The smallest absolute Gasteiger partial charge is 0.0788 e. The lowest BCUT2D eigenvalue weighted by molar-refractivity contribution is 0.173. The van der Waals surface area contributed by atoms with Crippen LogP contribution in [0.4, 0.5) is 5.69 Å². The van der Waals surface area contributed by atoms with Gasteiger partial charge in [0.15, 0.2) is 0 Å². The Morgan fingerprint density at radius 1 is 1.38 bits per heavy atom. The van der Waals surface area contributed by atoms with E-state index in [1.807, 2.05) is 6.92 Å². The topological polar surface area (TPSA) is 23.5 Å². The van der Waals surface area contributed by atoms with Crippen LogP contribution in [-0.2, 0) is 6.42 Å². The molecule has 0 aromatic heterocycles. The lowest BCUT2D eigenvalue weighted by Gasteiger charge is -2.31. The van der Waals surface area contributed by atoms with E-state index in [0.29, 0.717) is 0 Å². The number of hydrogen-bond acceptors (Lipinski definition) is 2. The van der Waals surface area contributed by atoms with Crippen molar-refractivity contribution >= 4 is 5.69 Å². The van der Waals surface area contributed by atoms with Gasteiger partial charge in [-0.25, -0.2) is 0 Å². The molecule has 1 atom stereocenters. The third-order valence-corrected chi connectivity index (χ3v) is 3.48. The zero-order valence-electron chi connectivity index (χ0n) is 10.2. The Morgan fingerprint density at radius 3 is 2.88 bits per heavy atom. The van der Waals surface area contributed by atoms with Crippen LogP contribution in [0.25, 0.3) is 0 Å². The highest BCUT2D eigenvalue weighted by molar-refractivity contribution is 5.57. The number of aliphatic hydroxyl groups excluding tert-OH is 1. The van der Waals surface area contributed by atoms with Gasteiger partial charge in [0.1, 0.15) is 0 Å². The molecule has 1 aliphatic heterocycles. The normalized spacial score (nSPS) is 17.1. The first-order chi connectivity index (χ1) is 7.76. The summed E-state index contributed by atoms with van der Waals surface area (Å²) < 4.78 is 0. The maximum absolute atomic E-state index is 9.87. The number of fused-ring (bicyclic) bond motifs is 1. The van der Waals surface area contributed by atoms with Crippen LogP contribution in [0, 0.1) is 0 Å². The van der Waals surface area contributed by atoms with Crippen LogP contribution in [0.3, 0.4) is 0 Å². The number of aliphatic hydroxyl groups is 1. The number of nitrogens with zero attached hydrogens (tertiary/aromatic N) is 1. The Bertz CT molecular complexity index is 362. The highest BCUT2D eigenvalue weighted by atomic mass is 16.3. The van der Waals surface area contributed by atoms with Crippen molar-refractivity contribution in [3.63, 3.8) is 0 Å². The molecule has 2 heteroatoms. The molecule has 1 unspecified atom stereocenters. The third-order valence-electron chi connectivity index (χ3n) is 3.48. The Morgan fingerprint density at radius 2 is 2.19 bits per heavy atom. The summed E-state index contributed by atoms with van der Waals surface area (Å²) in [5.41, 5.74) is 3.82. The molecular formula is C14H21NO. The minimum Gasteiger partial charge on any atom is -0.388 e. The minimum absolute atomic E-state index is 0.314. The molecule has 0 spiro atoms. The Labute approximate surface area is 97.9 Å². The van der Waals surface area contributed by atoms with Gasteiger partial charge in [-0.3, -0.25) is 0 Å². The molecular weight excluding hydrogens is 198 g/mol. The molecule has 1 N–H and O–H groups in total. The summed E-state index contributed by atoms with van der Waals surface area (Å²) in [4.78, 5) is 2.41. The van der Waals surface area contributed by atoms with Crippen LogP contribution in [0.5, 0.6) is 0 Å². The highest BCUT2D eigenvalue weighted by Crippen LogP contribution is 2.30. The molecule has 0 radical (unpaired) electrons. The van der Waals surface area contributed by atoms with Gasteiger partial charge in [-0.05, 0) is 43.4 Å². The first-order valence-corrected chi connectivity index (χ1v) is 6.32. The zero-order chi connectivity index (χ0) is 11.5. The minimum atomic E-state index is -0.314. The van der Waals surface area contributed by atoms with Crippen molar-refractivity contribution in [1.82, 2.24) is 0 Å². The first-order valence-electron chi connectivity index (χ1n) is 6.32. The van der Waals surface area contributed by atoms with Crippen molar-refractivity contribution in [1.29, 1.82) is 0 Å². The van der Waals surface area contributed by atoms with Crippen LogP contribution in [0.15, 0.2) is 18.2 Å². The van der Waals surface area contributed by atoms with E-state index in [-0.39, 0.29) is 6.10 Å². The Kier molecular flexibility index (Phi) is 3.49. The second-order valence-corrected chi connectivity index (χ2v) is 4.50. The predicted molar refractivity (Wildman–Crippen MR) is 67.9 cm³/mol. The number of anilines is 1. The maximum Gasteiger partial charge on any atom is 0.0788 e. The molecule has 2 rings (SSSR count). The standard InChI is InChI=1S/C14H21NO/c1-3-14(16)12-8-7-11-6-5-9-15(4-2)13(11)10-12/h7-8,10,14,16H,3-6,9H2,1-2H3. The second-order valence-electron chi connectivity index (χ2n) is 4.50. The molecule has 0 bridgehead atoms. The fourth-order valence-corrected chi connectivity index (χ4v) is 2.44. The van der Waals surface area contributed by atoms with Crippen LogP contribution in [-0.4, -0.2) is 18.2 Å². The number of rotatable bonds is 3. The van der Waals surface area contributed by atoms with E-state index in [1.165, 1.54) is 24.1 Å². The molecule has 16 heavy (non-hydrogen) atoms. The predicted octanol–water partition coefficient (Wildman–Crippen LogP) is 2.90. The fourth-order valence-electron chi connectivity index (χ4n) is 2.44. The number of hydrogen-bond donors (Lipinski definition) is 1. The summed E-state index contributed by atoms with van der Waals surface area (Å²) in [7, 11) is 0. The summed E-state index contributed by atoms with van der Waals surface area (Å²) in [6.07, 6.45) is 2.89. The van der Waals surface area contributed by atoms with E-state index < -0.39 is 0 Å². The maximum atomic E-state index is 9.87. The number of benzene rings is 1. The van der Waals surface area contributed by atoms with Crippen molar-refractivity contribution in [2.75, 3.05) is 18.0 Å². The molecule has 0 saturated heterocycles. The molecule has 1 aromatic carbocycles. The quantitative estimate of drug-likeness (QED) is 0.845. The van der Waals surface area contributed by atoms with Gasteiger partial charge in [0.25, 0.3) is 0 Å². The lowest BCUT2D eigenvalue weighted by Crippen LogP contribution is -2.29. The SMILES string of the molecule is CCC(O)c1ccc2c(c1)N(CC)CCC2.